The molecule has 1 amide bonds. The van der Waals surface area contributed by atoms with Gasteiger partial charge in [-0.05, 0) is 30.3 Å². The van der Waals surface area contributed by atoms with E-state index in [0.29, 0.717) is 22.2 Å². The number of amides is 1. The van der Waals surface area contributed by atoms with Crippen molar-refractivity contribution >= 4 is 29.1 Å². The summed E-state index contributed by atoms with van der Waals surface area (Å²) in [6.45, 7) is 0.187. The Morgan fingerprint density at radius 1 is 1.13 bits per heavy atom. The van der Waals surface area contributed by atoms with Crippen LogP contribution in [0.4, 0.5) is 0 Å². The van der Waals surface area contributed by atoms with Crippen LogP contribution < -0.4 is 20.3 Å². The molecule has 0 fully saturated rings. The van der Waals surface area contributed by atoms with Gasteiger partial charge in [0.2, 0.25) is 0 Å². The number of methoxy groups -OCH3 is 1. The maximum atomic E-state index is 12.1. The number of carbonyl (C=O) groups excluding carboxylic acids is 1. The van der Waals surface area contributed by atoms with Crippen LogP contribution in [0.3, 0.4) is 0 Å². The summed E-state index contributed by atoms with van der Waals surface area (Å²) in [4.78, 5) is 24.1. The zero-order chi connectivity index (χ0) is 21.5. The third kappa shape index (κ3) is 5.52. The summed E-state index contributed by atoms with van der Waals surface area (Å²) in [6, 6.07) is 15.4. The number of hydrogen-bond donors (Lipinski definition) is 1. The number of rotatable bonds is 8. The predicted molar refractivity (Wildman–Crippen MR) is 115 cm³/mol. The molecule has 0 atom stereocenters. The fourth-order valence-electron chi connectivity index (χ4n) is 2.64. The second-order valence-electron chi connectivity index (χ2n) is 6.20. The highest BCUT2D eigenvalue weighted by molar-refractivity contribution is 6.42. The molecule has 0 aliphatic heterocycles. The van der Waals surface area contributed by atoms with Crippen LogP contribution in [0.5, 0.6) is 11.5 Å². The van der Waals surface area contributed by atoms with E-state index in [1.54, 1.807) is 31.4 Å². The Hall–Kier alpha value is -3.03. The zero-order valence-electron chi connectivity index (χ0n) is 16.1. The maximum absolute atomic E-state index is 12.1. The summed E-state index contributed by atoms with van der Waals surface area (Å²) in [5, 5.41) is 7.63. The highest BCUT2D eigenvalue weighted by Crippen LogP contribution is 2.31. The second kappa shape index (κ2) is 10.1. The van der Waals surface area contributed by atoms with Crippen molar-refractivity contribution in [3.63, 3.8) is 0 Å². The standard InChI is InChI=1S/C21H19Cl2N3O4/c1-29-15-5-2-4-14(12-15)17-8-9-20(28)26(25-17)11-10-24-19(27)13-30-18-7-3-6-16(22)21(18)23/h2-9,12H,10-11,13H2,1H3,(H,24,27). The van der Waals surface area contributed by atoms with Gasteiger partial charge in [-0.25, -0.2) is 4.68 Å². The number of aromatic nitrogens is 2. The Morgan fingerprint density at radius 2 is 1.93 bits per heavy atom. The van der Waals surface area contributed by atoms with Gasteiger partial charge in [-0.1, -0.05) is 41.4 Å². The smallest absolute Gasteiger partial charge is 0.266 e. The van der Waals surface area contributed by atoms with E-state index >= 15 is 0 Å². The molecule has 0 unspecified atom stereocenters. The molecule has 3 aromatic rings. The highest BCUT2D eigenvalue weighted by atomic mass is 35.5. The lowest BCUT2D eigenvalue weighted by Gasteiger charge is -2.11. The van der Waals surface area contributed by atoms with Crippen LogP contribution in [0.2, 0.25) is 10.0 Å². The third-order valence-corrected chi connectivity index (χ3v) is 4.95. The van der Waals surface area contributed by atoms with Crippen molar-refractivity contribution in [3.05, 3.63) is 75.0 Å². The molecule has 1 heterocycles. The number of ether oxygens (including phenoxy) is 2. The van der Waals surface area contributed by atoms with Gasteiger partial charge in [0, 0.05) is 18.2 Å². The molecule has 156 valence electrons. The van der Waals surface area contributed by atoms with E-state index in [4.69, 9.17) is 32.7 Å². The van der Waals surface area contributed by atoms with E-state index in [0.717, 1.165) is 5.56 Å². The normalized spacial score (nSPS) is 10.5. The van der Waals surface area contributed by atoms with Gasteiger partial charge in [0.05, 0.1) is 24.4 Å². The molecule has 9 heteroatoms. The zero-order valence-corrected chi connectivity index (χ0v) is 17.6. The molecular formula is C21H19Cl2N3O4. The van der Waals surface area contributed by atoms with Crippen LogP contribution in [-0.4, -0.2) is 35.9 Å². The fraction of sp³-hybridized carbons (Fsp3) is 0.190. The van der Waals surface area contributed by atoms with E-state index in [2.05, 4.69) is 10.4 Å². The van der Waals surface area contributed by atoms with Crippen LogP contribution in [-0.2, 0) is 11.3 Å². The Bertz CT molecular complexity index is 1100. The van der Waals surface area contributed by atoms with E-state index in [-0.39, 0.29) is 36.2 Å². The fourth-order valence-corrected chi connectivity index (χ4v) is 2.98. The quantitative estimate of drug-likeness (QED) is 0.571. The maximum Gasteiger partial charge on any atom is 0.266 e. The number of carbonyl (C=O) groups is 1. The average Bonchev–Trinajstić information content (AvgIpc) is 2.76. The summed E-state index contributed by atoms with van der Waals surface area (Å²) >= 11 is 11.9. The van der Waals surface area contributed by atoms with Gasteiger partial charge in [-0.2, -0.15) is 5.10 Å². The third-order valence-electron chi connectivity index (χ3n) is 4.15. The van der Waals surface area contributed by atoms with Crippen molar-refractivity contribution in [1.82, 2.24) is 15.1 Å². The molecule has 0 saturated carbocycles. The van der Waals surface area contributed by atoms with Crippen molar-refractivity contribution in [3.8, 4) is 22.8 Å². The molecule has 0 radical (unpaired) electrons. The van der Waals surface area contributed by atoms with E-state index in [1.807, 2.05) is 24.3 Å². The minimum Gasteiger partial charge on any atom is -0.497 e. The molecular weight excluding hydrogens is 429 g/mol. The van der Waals surface area contributed by atoms with Gasteiger partial charge < -0.3 is 14.8 Å². The van der Waals surface area contributed by atoms with Crippen molar-refractivity contribution < 1.29 is 14.3 Å². The van der Waals surface area contributed by atoms with Gasteiger partial charge in [-0.15, -0.1) is 0 Å². The molecule has 3 rings (SSSR count). The van der Waals surface area contributed by atoms with Crippen molar-refractivity contribution in [2.45, 2.75) is 6.54 Å². The largest absolute Gasteiger partial charge is 0.497 e. The number of nitrogens with zero attached hydrogens (tertiary/aromatic N) is 2. The lowest BCUT2D eigenvalue weighted by molar-refractivity contribution is -0.123. The predicted octanol–water partition coefficient (Wildman–Crippen LogP) is 3.42. The van der Waals surface area contributed by atoms with Gasteiger partial charge in [0.25, 0.3) is 11.5 Å². The first-order chi connectivity index (χ1) is 14.5. The first kappa shape index (κ1) is 21.7. The van der Waals surface area contributed by atoms with Gasteiger partial charge in [0.15, 0.2) is 6.61 Å². The molecule has 1 N–H and O–H groups in total. The first-order valence-corrected chi connectivity index (χ1v) is 9.79. The molecule has 0 aliphatic rings. The number of hydrogen-bond acceptors (Lipinski definition) is 5. The molecule has 2 aromatic carbocycles. The number of halogens is 2. The van der Waals surface area contributed by atoms with Gasteiger partial charge >= 0.3 is 0 Å². The van der Waals surface area contributed by atoms with Crippen LogP contribution >= 0.6 is 23.2 Å². The highest BCUT2D eigenvalue weighted by Gasteiger charge is 2.09. The summed E-state index contributed by atoms with van der Waals surface area (Å²) in [6.07, 6.45) is 0. The lowest BCUT2D eigenvalue weighted by atomic mass is 10.1. The molecule has 30 heavy (non-hydrogen) atoms. The van der Waals surface area contributed by atoms with Crippen molar-refractivity contribution in [1.29, 1.82) is 0 Å². The van der Waals surface area contributed by atoms with Gasteiger partial charge in [0.1, 0.15) is 16.5 Å². The summed E-state index contributed by atoms with van der Waals surface area (Å²) in [7, 11) is 1.58. The van der Waals surface area contributed by atoms with Crippen LogP contribution in [0.25, 0.3) is 11.3 Å². The SMILES string of the molecule is COc1cccc(-c2ccc(=O)n(CCNC(=O)COc3cccc(Cl)c3Cl)n2)c1. The average molecular weight is 448 g/mol. The van der Waals surface area contributed by atoms with Crippen molar-refractivity contribution in [2.75, 3.05) is 20.3 Å². The summed E-state index contributed by atoms with van der Waals surface area (Å²) in [5.74, 6) is 0.658. The molecule has 7 nitrogen and oxygen atoms in total. The summed E-state index contributed by atoms with van der Waals surface area (Å²) in [5.41, 5.74) is 1.18. The second-order valence-corrected chi connectivity index (χ2v) is 6.99. The van der Waals surface area contributed by atoms with Crippen LogP contribution in [0, 0.1) is 0 Å². The molecule has 0 saturated heterocycles. The number of nitrogens with one attached hydrogen (secondary N) is 1. The van der Waals surface area contributed by atoms with Crippen molar-refractivity contribution in [2.24, 2.45) is 0 Å². The Kier molecular flexibility index (Phi) is 7.32. The molecule has 0 aliphatic carbocycles. The van der Waals surface area contributed by atoms with Crippen LogP contribution in [0.1, 0.15) is 0 Å². The van der Waals surface area contributed by atoms with E-state index in [9.17, 15) is 9.59 Å². The van der Waals surface area contributed by atoms with E-state index in [1.165, 1.54) is 10.7 Å². The monoisotopic (exact) mass is 447 g/mol. The van der Waals surface area contributed by atoms with Crippen LogP contribution in [0.15, 0.2) is 59.4 Å². The molecule has 1 aromatic heterocycles. The van der Waals surface area contributed by atoms with E-state index < -0.39 is 0 Å². The lowest BCUT2D eigenvalue weighted by Crippen LogP contribution is -2.34. The minimum absolute atomic E-state index is 0.208. The Morgan fingerprint density at radius 3 is 2.73 bits per heavy atom. The Balaban J connectivity index is 1.57. The van der Waals surface area contributed by atoms with Gasteiger partial charge in [-0.3, -0.25) is 9.59 Å². The topological polar surface area (TPSA) is 82.5 Å². The summed E-state index contributed by atoms with van der Waals surface area (Å²) < 4.78 is 11.9. The minimum atomic E-state index is -0.358. The molecule has 0 spiro atoms. The first-order valence-electron chi connectivity index (χ1n) is 9.04. The Labute approximate surface area is 183 Å². The number of benzene rings is 2. The molecule has 0 bridgehead atoms.